The average molecular weight is 347 g/mol. The Morgan fingerprint density at radius 1 is 1.28 bits per heavy atom. The zero-order chi connectivity index (χ0) is 17.8. The van der Waals surface area contributed by atoms with E-state index in [4.69, 9.17) is 9.47 Å². The molecule has 1 aromatic rings. The summed E-state index contributed by atoms with van der Waals surface area (Å²) in [6.07, 6.45) is 3.87. The van der Waals surface area contributed by atoms with Gasteiger partial charge in [-0.1, -0.05) is 19.1 Å². The van der Waals surface area contributed by atoms with Gasteiger partial charge in [0, 0.05) is 26.1 Å². The lowest BCUT2D eigenvalue weighted by Gasteiger charge is -2.36. The maximum absolute atomic E-state index is 13.1. The van der Waals surface area contributed by atoms with Crippen molar-refractivity contribution in [1.82, 2.24) is 4.90 Å². The van der Waals surface area contributed by atoms with Gasteiger partial charge in [-0.05, 0) is 43.4 Å². The molecular weight excluding hydrogens is 321 g/mol. The Morgan fingerprint density at radius 3 is 2.76 bits per heavy atom. The van der Waals surface area contributed by atoms with E-state index in [0.29, 0.717) is 13.2 Å². The van der Waals surface area contributed by atoms with Crippen LogP contribution in [0.15, 0.2) is 35.6 Å². The summed E-state index contributed by atoms with van der Waals surface area (Å²) in [4.78, 5) is 14.8. The first-order valence-electron chi connectivity index (χ1n) is 9.09. The van der Waals surface area contributed by atoms with E-state index in [1.54, 1.807) is 12.1 Å². The molecule has 0 N–H and O–H groups in total. The zero-order valence-corrected chi connectivity index (χ0v) is 15.0. The fourth-order valence-corrected chi connectivity index (χ4v) is 3.63. The summed E-state index contributed by atoms with van der Waals surface area (Å²) in [5.74, 6) is 0.659. The van der Waals surface area contributed by atoms with Crippen molar-refractivity contribution >= 4 is 5.91 Å². The molecule has 25 heavy (non-hydrogen) atoms. The van der Waals surface area contributed by atoms with Crippen molar-refractivity contribution in [3.63, 3.8) is 0 Å². The summed E-state index contributed by atoms with van der Waals surface area (Å²) in [7, 11) is 1.87. The first-order valence-corrected chi connectivity index (χ1v) is 9.09. The maximum Gasteiger partial charge on any atom is 0.253 e. The second kappa shape index (κ2) is 8.00. The van der Waals surface area contributed by atoms with Crippen LogP contribution in [-0.2, 0) is 14.3 Å². The Hall–Kier alpha value is -1.88. The summed E-state index contributed by atoms with van der Waals surface area (Å²) in [5, 5.41) is 0. The van der Waals surface area contributed by atoms with Crippen molar-refractivity contribution in [2.45, 2.75) is 51.2 Å². The van der Waals surface area contributed by atoms with Gasteiger partial charge >= 0.3 is 0 Å². The Morgan fingerprint density at radius 2 is 2.04 bits per heavy atom. The molecule has 0 radical (unpaired) electrons. The van der Waals surface area contributed by atoms with Crippen LogP contribution in [0.4, 0.5) is 4.39 Å². The van der Waals surface area contributed by atoms with Crippen molar-refractivity contribution < 1.29 is 18.7 Å². The topological polar surface area (TPSA) is 38.8 Å². The van der Waals surface area contributed by atoms with Gasteiger partial charge in [0.2, 0.25) is 0 Å². The standard InChI is InChI=1S/C20H26FNO3/c1-3-18-17(5-4-11-24-18)20(23)22(2)16-10-12-25-19(13-16)14-6-8-15(21)9-7-14/h6-9,16,19H,3-5,10-13H2,1-2H3/t16-,19+/m1/s1. The predicted octanol–water partition coefficient (Wildman–Crippen LogP) is 3.98. The number of ether oxygens (including phenoxy) is 2. The molecule has 0 bridgehead atoms. The van der Waals surface area contributed by atoms with Gasteiger partial charge in [-0.3, -0.25) is 4.79 Å². The largest absolute Gasteiger partial charge is 0.497 e. The second-order valence-corrected chi connectivity index (χ2v) is 6.71. The lowest BCUT2D eigenvalue weighted by molar-refractivity contribution is -0.131. The highest BCUT2D eigenvalue weighted by atomic mass is 19.1. The minimum atomic E-state index is -0.250. The van der Waals surface area contributed by atoms with Crippen LogP contribution in [0.25, 0.3) is 0 Å². The van der Waals surface area contributed by atoms with E-state index in [0.717, 1.165) is 49.0 Å². The summed E-state index contributed by atoms with van der Waals surface area (Å²) >= 11 is 0. The number of hydrogen-bond donors (Lipinski definition) is 0. The maximum atomic E-state index is 13.1. The Kier molecular flexibility index (Phi) is 5.74. The number of carbonyl (C=O) groups is 1. The van der Waals surface area contributed by atoms with Crippen LogP contribution in [0, 0.1) is 5.82 Å². The highest BCUT2D eigenvalue weighted by molar-refractivity contribution is 5.94. The number of benzene rings is 1. The Bertz CT molecular complexity index is 641. The Labute approximate surface area is 148 Å². The molecule has 0 unspecified atom stereocenters. The summed E-state index contributed by atoms with van der Waals surface area (Å²) in [6, 6.07) is 6.54. The normalized spacial score (nSPS) is 24.0. The number of likely N-dealkylation sites (N-methyl/N-ethyl adjacent to an activating group) is 1. The molecule has 3 rings (SSSR count). The Balaban J connectivity index is 1.71. The van der Waals surface area contributed by atoms with Gasteiger partial charge in [0.05, 0.1) is 18.3 Å². The molecule has 4 nitrogen and oxygen atoms in total. The molecule has 1 fully saturated rings. The van der Waals surface area contributed by atoms with Crippen molar-refractivity contribution in [2.24, 2.45) is 0 Å². The first-order chi connectivity index (χ1) is 12.1. The first kappa shape index (κ1) is 17.9. The lowest BCUT2D eigenvalue weighted by Crippen LogP contribution is -2.42. The number of rotatable bonds is 4. The predicted molar refractivity (Wildman–Crippen MR) is 93.4 cm³/mol. The average Bonchev–Trinajstić information content (AvgIpc) is 2.67. The summed E-state index contributed by atoms with van der Waals surface area (Å²) in [6.45, 7) is 3.32. The van der Waals surface area contributed by atoms with Crippen LogP contribution in [0.1, 0.15) is 50.7 Å². The van der Waals surface area contributed by atoms with E-state index in [9.17, 15) is 9.18 Å². The zero-order valence-electron chi connectivity index (χ0n) is 15.0. The number of carbonyl (C=O) groups excluding carboxylic acids is 1. The van der Waals surface area contributed by atoms with Crippen molar-refractivity contribution in [3.8, 4) is 0 Å². The van der Waals surface area contributed by atoms with Gasteiger partial charge in [-0.2, -0.15) is 0 Å². The lowest BCUT2D eigenvalue weighted by atomic mass is 9.95. The van der Waals surface area contributed by atoms with Crippen molar-refractivity contribution in [2.75, 3.05) is 20.3 Å². The van der Waals surface area contributed by atoms with Crippen molar-refractivity contribution in [3.05, 3.63) is 47.0 Å². The minimum absolute atomic E-state index is 0.0707. The smallest absolute Gasteiger partial charge is 0.253 e. The number of hydrogen-bond acceptors (Lipinski definition) is 3. The molecule has 1 amide bonds. The molecule has 2 heterocycles. The molecule has 2 aliphatic heterocycles. The van der Waals surface area contributed by atoms with Gasteiger partial charge < -0.3 is 14.4 Å². The SMILES string of the molecule is CCC1=C(C(=O)N(C)[C@@H]2CCO[C@H](c3ccc(F)cc3)C2)CCCO1. The minimum Gasteiger partial charge on any atom is -0.497 e. The van der Waals surface area contributed by atoms with Crippen LogP contribution in [0.5, 0.6) is 0 Å². The van der Waals surface area contributed by atoms with Crippen LogP contribution < -0.4 is 0 Å². The molecule has 0 aromatic heterocycles. The molecule has 0 spiro atoms. The van der Waals surface area contributed by atoms with Gasteiger partial charge in [0.25, 0.3) is 5.91 Å². The number of nitrogens with zero attached hydrogens (tertiary/aromatic N) is 1. The fraction of sp³-hybridized carbons (Fsp3) is 0.550. The van der Waals surface area contributed by atoms with Crippen molar-refractivity contribution in [1.29, 1.82) is 0 Å². The second-order valence-electron chi connectivity index (χ2n) is 6.71. The van der Waals surface area contributed by atoms with Crippen LogP contribution in [-0.4, -0.2) is 37.1 Å². The quantitative estimate of drug-likeness (QED) is 0.827. The third kappa shape index (κ3) is 4.03. The monoisotopic (exact) mass is 347 g/mol. The molecule has 1 saturated heterocycles. The van der Waals surface area contributed by atoms with E-state index in [1.165, 1.54) is 12.1 Å². The van der Waals surface area contributed by atoms with Gasteiger partial charge in [0.1, 0.15) is 11.6 Å². The van der Waals surface area contributed by atoms with E-state index >= 15 is 0 Å². The highest BCUT2D eigenvalue weighted by Gasteiger charge is 2.31. The van der Waals surface area contributed by atoms with E-state index < -0.39 is 0 Å². The molecular formula is C20H26FNO3. The fourth-order valence-electron chi connectivity index (χ4n) is 3.63. The number of halogens is 1. The third-order valence-electron chi connectivity index (χ3n) is 5.13. The molecule has 2 aliphatic rings. The summed E-state index contributed by atoms with van der Waals surface area (Å²) < 4.78 is 24.7. The molecule has 1 aromatic carbocycles. The van der Waals surface area contributed by atoms with E-state index in [1.807, 2.05) is 18.9 Å². The molecule has 0 saturated carbocycles. The van der Waals surface area contributed by atoms with Crippen LogP contribution in [0.2, 0.25) is 0 Å². The van der Waals surface area contributed by atoms with Gasteiger partial charge in [-0.25, -0.2) is 4.39 Å². The highest BCUT2D eigenvalue weighted by Crippen LogP contribution is 2.32. The van der Waals surface area contributed by atoms with Crippen LogP contribution in [0.3, 0.4) is 0 Å². The number of amides is 1. The molecule has 2 atom stereocenters. The molecule has 0 aliphatic carbocycles. The van der Waals surface area contributed by atoms with Gasteiger partial charge in [-0.15, -0.1) is 0 Å². The van der Waals surface area contributed by atoms with Gasteiger partial charge in [0.15, 0.2) is 0 Å². The summed E-state index contributed by atoms with van der Waals surface area (Å²) in [5.41, 5.74) is 1.78. The van der Waals surface area contributed by atoms with Crippen LogP contribution >= 0.6 is 0 Å². The van der Waals surface area contributed by atoms with E-state index in [-0.39, 0.29) is 23.9 Å². The number of allylic oxidation sites excluding steroid dienone is 1. The third-order valence-corrected chi connectivity index (χ3v) is 5.13. The van der Waals surface area contributed by atoms with E-state index in [2.05, 4.69) is 0 Å². The molecule has 136 valence electrons. The molecule has 5 heteroatoms.